The van der Waals surface area contributed by atoms with Gasteiger partial charge in [-0.25, -0.2) is 0 Å². The number of carbonyl (C=O) groups excluding carboxylic acids is 1. The summed E-state index contributed by atoms with van der Waals surface area (Å²) >= 11 is 0. The summed E-state index contributed by atoms with van der Waals surface area (Å²) in [5, 5.41) is 20.8. The van der Waals surface area contributed by atoms with Crippen LogP contribution in [0.2, 0.25) is 0 Å². The van der Waals surface area contributed by atoms with Crippen molar-refractivity contribution >= 4 is 11.6 Å². The topological polar surface area (TPSA) is 92.9 Å². The van der Waals surface area contributed by atoms with E-state index in [2.05, 4.69) is 0 Å². The summed E-state index contributed by atoms with van der Waals surface area (Å²) in [6.45, 7) is 2.30. The molecule has 2 rings (SSSR count). The van der Waals surface area contributed by atoms with Crippen molar-refractivity contribution in [1.82, 2.24) is 4.90 Å². The first-order valence-corrected chi connectivity index (χ1v) is 6.25. The number of para-hydroxylation sites is 1. The van der Waals surface area contributed by atoms with E-state index in [-0.39, 0.29) is 36.0 Å². The molecule has 1 fully saturated rings. The zero-order chi connectivity index (χ0) is 14.9. The first-order chi connectivity index (χ1) is 9.41. The van der Waals surface area contributed by atoms with Gasteiger partial charge in [0.25, 0.3) is 5.91 Å². The highest BCUT2D eigenvalue weighted by molar-refractivity contribution is 5.98. The lowest BCUT2D eigenvalue weighted by Gasteiger charge is -2.46. The van der Waals surface area contributed by atoms with E-state index in [9.17, 15) is 20.0 Å². The van der Waals surface area contributed by atoms with E-state index in [1.807, 2.05) is 6.92 Å². The second-order valence-electron chi connectivity index (χ2n) is 4.85. The normalized spacial score (nSPS) is 16.4. The van der Waals surface area contributed by atoms with Crippen molar-refractivity contribution in [3.63, 3.8) is 0 Å². The summed E-state index contributed by atoms with van der Waals surface area (Å²) in [5.74, 6) is -0.418. The molecule has 0 saturated carbocycles. The average molecular weight is 280 g/mol. The maximum absolute atomic E-state index is 12.3. The lowest BCUT2D eigenvalue weighted by Crippen LogP contribution is -2.63. The van der Waals surface area contributed by atoms with Gasteiger partial charge in [-0.15, -0.1) is 0 Å². The van der Waals surface area contributed by atoms with Gasteiger partial charge in [0.2, 0.25) is 5.75 Å². The molecule has 0 radical (unpaired) electrons. The zero-order valence-corrected chi connectivity index (χ0v) is 11.3. The minimum Gasteiger partial charge on any atom is -0.490 e. The van der Waals surface area contributed by atoms with Crippen LogP contribution in [0.1, 0.15) is 23.7 Å². The van der Waals surface area contributed by atoms with Crippen molar-refractivity contribution in [2.24, 2.45) is 0 Å². The van der Waals surface area contributed by atoms with Crippen LogP contribution in [0.4, 0.5) is 5.69 Å². The van der Waals surface area contributed by atoms with Crippen LogP contribution >= 0.6 is 0 Å². The van der Waals surface area contributed by atoms with Crippen LogP contribution in [0.25, 0.3) is 0 Å². The molecule has 108 valence electrons. The fraction of sp³-hybridized carbons (Fsp3) is 0.462. The Labute approximate surface area is 115 Å². The minimum atomic E-state index is -0.844. The number of aliphatic hydroxyl groups is 1. The third-order valence-corrected chi connectivity index (χ3v) is 3.54. The number of β-amino-alcohol motifs (C(OH)–C–C–N with tert-alkyl or cyclic N) is 1. The molecule has 1 heterocycles. The van der Waals surface area contributed by atoms with Crippen molar-refractivity contribution in [1.29, 1.82) is 0 Å². The number of hydrogen-bond acceptors (Lipinski definition) is 5. The van der Waals surface area contributed by atoms with E-state index in [0.717, 1.165) is 0 Å². The van der Waals surface area contributed by atoms with Crippen molar-refractivity contribution in [3.8, 4) is 5.75 Å². The summed E-state index contributed by atoms with van der Waals surface area (Å²) in [4.78, 5) is 24.1. The van der Waals surface area contributed by atoms with E-state index in [4.69, 9.17) is 4.74 Å². The Balaban J connectivity index is 2.28. The third kappa shape index (κ3) is 2.32. The molecule has 1 aliphatic heterocycles. The predicted molar refractivity (Wildman–Crippen MR) is 70.8 cm³/mol. The molecule has 1 N–H and O–H groups in total. The van der Waals surface area contributed by atoms with Gasteiger partial charge in [0.05, 0.1) is 36.3 Å². The number of methoxy groups -OCH3 is 1. The molecule has 0 bridgehead atoms. The van der Waals surface area contributed by atoms with Gasteiger partial charge >= 0.3 is 5.69 Å². The Kier molecular flexibility index (Phi) is 3.63. The molecule has 1 saturated heterocycles. The van der Waals surface area contributed by atoms with Crippen LogP contribution in [0.15, 0.2) is 18.2 Å². The minimum absolute atomic E-state index is 0.0468. The molecule has 0 unspecified atom stereocenters. The number of carbonyl (C=O) groups is 1. The van der Waals surface area contributed by atoms with Crippen molar-refractivity contribution in [2.45, 2.75) is 18.9 Å². The van der Waals surface area contributed by atoms with Crippen LogP contribution in [0.3, 0.4) is 0 Å². The molecule has 7 nitrogen and oxygen atoms in total. The SMILES string of the molecule is CCC1(O)CN(C(=O)c2cccc([N+](=O)[O-])c2OC)C1. The largest absolute Gasteiger partial charge is 0.490 e. The van der Waals surface area contributed by atoms with Crippen LogP contribution in [-0.2, 0) is 0 Å². The molecule has 1 aliphatic rings. The van der Waals surface area contributed by atoms with Gasteiger partial charge in [-0.05, 0) is 12.5 Å². The Morgan fingerprint density at radius 1 is 1.55 bits per heavy atom. The molecular formula is C13H16N2O5. The Hall–Kier alpha value is -2.15. The molecule has 0 atom stereocenters. The van der Waals surface area contributed by atoms with Crippen LogP contribution < -0.4 is 4.74 Å². The fourth-order valence-electron chi connectivity index (χ4n) is 2.25. The highest BCUT2D eigenvalue weighted by Crippen LogP contribution is 2.33. The fourth-order valence-corrected chi connectivity index (χ4v) is 2.25. The third-order valence-electron chi connectivity index (χ3n) is 3.54. The molecule has 1 aromatic rings. The number of ether oxygens (including phenoxy) is 1. The van der Waals surface area contributed by atoms with Gasteiger partial charge in [0, 0.05) is 6.07 Å². The van der Waals surface area contributed by atoms with E-state index in [1.165, 1.54) is 30.2 Å². The number of amides is 1. The van der Waals surface area contributed by atoms with E-state index in [1.54, 1.807) is 0 Å². The lowest BCUT2D eigenvalue weighted by molar-refractivity contribution is -0.385. The van der Waals surface area contributed by atoms with Gasteiger partial charge < -0.3 is 14.7 Å². The monoisotopic (exact) mass is 280 g/mol. The van der Waals surface area contributed by atoms with Gasteiger partial charge in [0.15, 0.2) is 0 Å². The maximum Gasteiger partial charge on any atom is 0.311 e. The first kappa shape index (κ1) is 14.3. The Morgan fingerprint density at radius 3 is 2.70 bits per heavy atom. The van der Waals surface area contributed by atoms with Gasteiger partial charge in [-0.1, -0.05) is 13.0 Å². The number of benzene rings is 1. The highest BCUT2D eigenvalue weighted by atomic mass is 16.6. The molecule has 7 heteroatoms. The smallest absolute Gasteiger partial charge is 0.311 e. The van der Waals surface area contributed by atoms with Gasteiger partial charge in [0.1, 0.15) is 0 Å². The summed E-state index contributed by atoms with van der Waals surface area (Å²) in [7, 11) is 1.29. The summed E-state index contributed by atoms with van der Waals surface area (Å²) in [6.07, 6.45) is 0.558. The van der Waals surface area contributed by atoms with Crippen molar-refractivity contribution in [2.75, 3.05) is 20.2 Å². The molecule has 20 heavy (non-hydrogen) atoms. The van der Waals surface area contributed by atoms with E-state index in [0.29, 0.717) is 6.42 Å². The second-order valence-corrected chi connectivity index (χ2v) is 4.85. The standard InChI is InChI=1S/C13H16N2O5/c1-3-13(17)7-14(8-13)12(16)9-5-4-6-10(15(18)19)11(9)20-2/h4-6,17H,3,7-8H2,1-2H3. The molecular weight excluding hydrogens is 264 g/mol. The van der Waals surface area contributed by atoms with Gasteiger partial charge in [-0.3, -0.25) is 14.9 Å². The number of nitrogens with zero attached hydrogens (tertiary/aromatic N) is 2. The summed E-state index contributed by atoms with van der Waals surface area (Å²) < 4.78 is 5.00. The van der Waals surface area contributed by atoms with E-state index >= 15 is 0 Å². The van der Waals surface area contributed by atoms with Crippen molar-refractivity contribution < 1.29 is 19.6 Å². The van der Waals surface area contributed by atoms with Crippen LogP contribution in [0, 0.1) is 10.1 Å². The summed E-state index contributed by atoms with van der Waals surface area (Å²) in [6, 6.07) is 4.21. The molecule has 1 aromatic carbocycles. The zero-order valence-electron chi connectivity index (χ0n) is 11.3. The first-order valence-electron chi connectivity index (χ1n) is 6.25. The van der Waals surface area contributed by atoms with Crippen LogP contribution in [-0.4, -0.2) is 46.6 Å². The lowest BCUT2D eigenvalue weighted by atomic mass is 9.90. The summed E-state index contributed by atoms with van der Waals surface area (Å²) in [5.41, 5.74) is -0.951. The molecule has 0 aliphatic carbocycles. The number of hydrogen-bond donors (Lipinski definition) is 1. The predicted octanol–water partition coefficient (Wildman–Crippen LogP) is 1.20. The molecule has 1 amide bonds. The maximum atomic E-state index is 12.3. The molecule has 0 aromatic heterocycles. The number of nitro groups is 1. The Bertz CT molecular complexity index is 552. The number of likely N-dealkylation sites (tertiary alicyclic amines) is 1. The van der Waals surface area contributed by atoms with E-state index < -0.39 is 10.5 Å². The highest BCUT2D eigenvalue weighted by Gasteiger charge is 2.43. The van der Waals surface area contributed by atoms with Crippen LogP contribution in [0.5, 0.6) is 5.75 Å². The quantitative estimate of drug-likeness (QED) is 0.660. The van der Waals surface area contributed by atoms with Gasteiger partial charge in [-0.2, -0.15) is 0 Å². The molecule has 0 spiro atoms. The number of nitro benzene ring substituents is 1. The average Bonchev–Trinajstić information content (AvgIpc) is 2.42. The van der Waals surface area contributed by atoms with Crippen molar-refractivity contribution in [3.05, 3.63) is 33.9 Å². The Morgan fingerprint density at radius 2 is 2.20 bits per heavy atom. The second kappa shape index (κ2) is 5.09. The number of rotatable bonds is 4.